The summed E-state index contributed by atoms with van der Waals surface area (Å²) in [5, 5.41) is 14.9. The lowest BCUT2D eigenvalue weighted by atomic mass is 9.85. The third-order valence-corrected chi connectivity index (χ3v) is 14.9. The van der Waals surface area contributed by atoms with Crippen molar-refractivity contribution in [2.45, 2.75) is 173 Å². The molecule has 10 atom stereocenters. The molecular formula is C51H93ClN8O10. The minimum atomic E-state index is -0.875. The van der Waals surface area contributed by atoms with Crippen molar-refractivity contribution in [2.75, 3.05) is 54.5 Å². The van der Waals surface area contributed by atoms with Crippen molar-refractivity contribution >= 4 is 54.3 Å². The Balaban J connectivity index is 0.000000483. The number of halogens is 1. The molecule has 70 heavy (non-hydrogen) atoms. The first-order chi connectivity index (χ1) is 31.1. The summed E-state index contributed by atoms with van der Waals surface area (Å²) in [6, 6.07) is -4.35. The Morgan fingerprint density at radius 2 is 0.929 bits per heavy atom. The molecule has 0 aromatic carbocycles. The van der Waals surface area contributed by atoms with E-state index in [-0.39, 0.29) is 88.7 Å². The molecule has 0 spiro atoms. The Kier molecular flexibility index (Phi) is 19.5. The average Bonchev–Trinajstić information content (AvgIpc) is 3.64. The van der Waals surface area contributed by atoms with E-state index in [4.69, 9.17) is 14.2 Å². The van der Waals surface area contributed by atoms with E-state index in [9.17, 15) is 33.6 Å². The fourth-order valence-electron chi connectivity index (χ4n) is 10.1. The maximum Gasteiger partial charge on any atom is 0.410 e. The second kappa shape index (κ2) is 22.0. The van der Waals surface area contributed by atoms with Crippen LogP contribution in [0.25, 0.3) is 0 Å². The van der Waals surface area contributed by atoms with Gasteiger partial charge in [-0.1, -0.05) is 111 Å². The quantitative estimate of drug-likeness (QED) is 0.112. The third kappa shape index (κ3) is 14.6. The summed E-state index contributed by atoms with van der Waals surface area (Å²) in [4.78, 5) is 96.0. The lowest BCUT2D eigenvalue weighted by Gasteiger charge is -2.38. The van der Waals surface area contributed by atoms with Crippen LogP contribution in [0.3, 0.4) is 0 Å². The van der Waals surface area contributed by atoms with Crippen LogP contribution in [0.5, 0.6) is 0 Å². The fraction of sp³-hybridized carbons (Fsp3) is 0.863. The van der Waals surface area contributed by atoms with Crippen molar-refractivity contribution in [1.82, 2.24) is 41.3 Å². The van der Waals surface area contributed by atoms with Gasteiger partial charge in [0.25, 0.3) is 0 Å². The zero-order valence-electron chi connectivity index (χ0n) is 46.9. The summed E-state index contributed by atoms with van der Waals surface area (Å²) in [5.41, 5.74) is -2.35. The molecule has 5 N–H and O–H groups in total. The second-order valence-electron chi connectivity index (χ2n) is 26.4. The van der Waals surface area contributed by atoms with Gasteiger partial charge < -0.3 is 55.5 Å². The number of carbonyl (C=O) groups is 7. The van der Waals surface area contributed by atoms with Crippen LogP contribution in [0.4, 0.5) is 14.4 Å². The molecule has 2 saturated carbocycles. The normalized spacial score (nSPS) is 24.8. The monoisotopic (exact) mass is 1010 g/mol. The number of fused-ring (bicyclic) bond motifs is 2. The van der Waals surface area contributed by atoms with Crippen LogP contribution in [0, 0.1) is 56.2 Å². The van der Waals surface area contributed by atoms with Crippen LogP contribution in [0.1, 0.15) is 132 Å². The molecule has 2 aliphatic heterocycles. The number of urea groups is 2. The Morgan fingerprint density at radius 3 is 1.21 bits per heavy atom. The van der Waals surface area contributed by atoms with Gasteiger partial charge in [0, 0.05) is 51.1 Å². The van der Waals surface area contributed by atoms with Gasteiger partial charge in [0.05, 0.1) is 20.3 Å². The highest BCUT2D eigenvalue weighted by Gasteiger charge is 2.71. The highest BCUT2D eigenvalue weighted by Crippen LogP contribution is 2.66. The number of ether oxygens (including phenoxy) is 3. The smallest absolute Gasteiger partial charge is 0.410 e. The van der Waals surface area contributed by atoms with E-state index in [2.05, 4.69) is 75.1 Å². The second-order valence-corrected chi connectivity index (χ2v) is 26.4. The Labute approximate surface area is 426 Å². The van der Waals surface area contributed by atoms with Gasteiger partial charge in [-0.15, -0.1) is 12.4 Å². The van der Waals surface area contributed by atoms with Gasteiger partial charge in [-0.2, -0.15) is 0 Å². The predicted octanol–water partition coefficient (Wildman–Crippen LogP) is 6.05. The van der Waals surface area contributed by atoms with Gasteiger partial charge in [-0.25, -0.2) is 24.0 Å². The molecule has 4 aliphatic rings. The van der Waals surface area contributed by atoms with Crippen molar-refractivity contribution in [3.05, 3.63) is 0 Å². The zero-order chi connectivity index (χ0) is 53.5. The molecular weight excluding hydrogens is 920 g/mol. The Bertz CT molecular complexity index is 1910. The molecule has 4 rings (SSSR count). The van der Waals surface area contributed by atoms with E-state index >= 15 is 0 Å². The molecule has 2 heterocycles. The lowest BCUT2D eigenvalue weighted by Crippen LogP contribution is -2.61. The molecule has 404 valence electrons. The van der Waals surface area contributed by atoms with E-state index < -0.39 is 70.1 Å². The zero-order valence-corrected chi connectivity index (χ0v) is 47.8. The number of nitrogens with one attached hydrogen (secondary N) is 5. The van der Waals surface area contributed by atoms with E-state index in [1.165, 1.54) is 19.1 Å². The van der Waals surface area contributed by atoms with Crippen molar-refractivity contribution in [3.8, 4) is 0 Å². The average molecular weight is 1010 g/mol. The summed E-state index contributed by atoms with van der Waals surface area (Å²) < 4.78 is 15.5. The first kappa shape index (κ1) is 62.1. The molecule has 7 amide bonds. The number of esters is 2. The van der Waals surface area contributed by atoms with Gasteiger partial charge in [-0.05, 0) is 72.1 Å². The van der Waals surface area contributed by atoms with Crippen LogP contribution in [-0.4, -0.2) is 153 Å². The number of amides is 7. The van der Waals surface area contributed by atoms with Gasteiger partial charge >= 0.3 is 30.1 Å². The van der Waals surface area contributed by atoms with Gasteiger partial charge in [0.2, 0.25) is 11.8 Å². The van der Waals surface area contributed by atoms with Gasteiger partial charge in [0.1, 0.15) is 29.8 Å². The summed E-state index contributed by atoms with van der Waals surface area (Å²) >= 11 is 0. The largest absolute Gasteiger partial charge is 0.467 e. The molecule has 2 saturated heterocycles. The highest BCUT2D eigenvalue weighted by molar-refractivity contribution is 5.93. The standard InChI is InChI=1S/C28H50N4O6.C23H42N4O4.ClH/c1-25(2,3)17(15-31(12)24(36)38-27(7,8)9)29-23(35)30-20(26(4,5)6)21(33)32-14-16-18(28(16,10)11)19(32)22(34)37-13;1-21(2,3)14(11-24-9)25-20(30)26-17(22(4,5)6)18(28)27-12-13-15(23(13,7)8)16(27)19(29)31-10;/h16-20H,14-15H2,1-13H3,(H2,29,30,35);13-17,24H,11-12H2,1-10H3,(H2,25,26,30);1H/t16?,17-,18?,19+,20-;13?,14-,15?,16+,17-;/m11./s1. The molecule has 19 heteroatoms. The number of likely N-dealkylation sites (N-methyl/N-ethyl adjacent to an activating group) is 2. The van der Waals surface area contributed by atoms with E-state index in [1.54, 1.807) is 37.6 Å². The Hall–Kier alpha value is -4.06. The van der Waals surface area contributed by atoms with Crippen LogP contribution in [0.2, 0.25) is 0 Å². The summed E-state index contributed by atoms with van der Waals surface area (Å²) in [6.07, 6.45) is -0.485. The molecule has 0 aromatic heterocycles. The van der Waals surface area contributed by atoms with Crippen molar-refractivity contribution in [2.24, 2.45) is 56.2 Å². The summed E-state index contributed by atoms with van der Waals surface area (Å²) in [7, 11) is 6.16. The summed E-state index contributed by atoms with van der Waals surface area (Å²) in [5.74, 6) is -0.709. The van der Waals surface area contributed by atoms with E-state index in [0.717, 1.165) is 0 Å². The fourth-order valence-corrected chi connectivity index (χ4v) is 10.1. The molecule has 0 bridgehead atoms. The number of hydrogen-bond acceptors (Lipinski definition) is 11. The number of piperidine rings is 2. The van der Waals surface area contributed by atoms with Crippen molar-refractivity contribution in [1.29, 1.82) is 0 Å². The highest BCUT2D eigenvalue weighted by atomic mass is 35.5. The Morgan fingerprint density at radius 1 is 0.586 bits per heavy atom. The first-order valence-corrected chi connectivity index (χ1v) is 24.6. The first-order valence-electron chi connectivity index (χ1n) is 24.6. The lowest BCUT2D eigenvalue weighted by molar-refractivity contribution is -0.154. The van der Waals surface area contributed by atoms with Crippen LogP contribution in [0.15, 0.2) is 0 Å². The summed E-state index contributed by atoms with van der Waals surface area (Å²) in [6.45, 7) is 39.1. The number of methoxy groups -OCH3 is 2. The molecule has 0 radical (unpaired) electrons. The SMILES string of the molecule is CNC[C@@H](NC(=O)N[C@H](C(=O)N1CC2C([C@H]1C(=O)OC)C2(C)C)C(C)(C)C)C(C)(C)C.COC(=O)[C@@H]1C2C(CN1C(=O)[C@@H](NC(=O)N[C@H](CN(C)C(=O)OC(C)(C)C)C(C)(C)C)C(C)(C)C)C2(C)C.Cl. The van der Waals surface area contributed by atoms with E-state index in [1.807, 2.05) is 69.4 Å². The number of hydrogen-bond donors (Lipinski definition) is 5. The molecule has 2 aliphatic carbocycles. The number of likely N-dealkylation sites (tertiary alicyclic amines) is 2. The van der Waals surface area contributed by atoms with Crippen molar-refractivity contribution in [3.63, 3.8) is 0 Å². The minimum absolute atomic E-state index is 0. The van der Waals surface area contributed by atoms with Gasteiger partial charge in [-0.3, -0.25) is 9.59 Å². The van der Waals surface area contributed by atoms with Crippen LogP contribution >= 0.6 is 12.4 Å². The third-order valence-electron chi connectivity index (χ3n) is 14.9. The number of rotatable bonds is 12. The van der Waals surface area contributed by atoms with E-state index in [0.29, 0.717) is 19.6 Å². The molecule has 4 fully saturated rings. The maximum atomic E-state index is 13.8. The topological polar surface area (TPSA) is 217 Å². The van der Waals surface area contributed by atoms with Gasteiger partial charge in [0.15, 0.2) is 0 Å². The molecule has 4 unspecified atom stereocenters. The number of nitrogens with zero attached hydrogens (tertiary/aromatic N) is 3. The predicted molar refractivity (Wildman–Crippen MR) is 273 cm³/mol. The van der Waals surface area contributed by atoms with Crippen LogP contribution < -0.4 is 26.6 Å². The molecule has 0 aromatic rings. The number of carbonyl (C=O) groups excluding carboxylic acids is 7. The van der Waals surface area contributed by atoms with Crippen molar-refractivity contribution < 1.29 is 47.8 Å². The maximum absolute atomic E-state index is 13.8. The minimum Gasteiger partial charge on any atom is -0.467 e. The molecule has 18 nitrogen and oxygen atoms in total. The van der Waals surface area contributed by atoms with Crippen LogP contribution in [-0.2, 0) is 33.4 Å².